The number of carbonyl (C=O) groups is 2. The van der Waals surface area contributed by atoms with Gasteiger partial charge in [0.15, 0.2) is 0 Å². The molecule has 1 aliphatic rings. The van der Waals surface area contributed by atoms with Gasteiger partial charge in [0, 0.05) is 42.3 Å². The molecular weight excluding hydrogens is 312 g/mol. The summed E-state index contributed by atoms with van der Waals surface area (Å²) in [6.45, 7) is 3.59. The number of ether oxygens (including phenoxy) is 1. The van der Waals surface area contributed by atoms with E-state index in [9.17, 15) is 9.59 Å². The molecule has 102 valence electrons. The van der Waals surface area contributed by atoms with E-state index in [1.54, 1.807) is 17.2 Å². The molecule has 1 aromatic rings. The molecule has 1 aromatic heterocycles. The van der Waals surface area contributed by atoms with Gasteiger partial charge in [0.2, 0.25) is 5.91 Å². The molecule has 2 heterocycles. The number of hydrogen-bond acceptors (Lipinski definition) is 4. The van der Waals surface area contributed by atoms with Crippen LogP contribution in [0, 0.1) is 5.92 Å². The fourth-order valence-corrected chi connectivity index (χ4v) is 2.44. The summed E-state index contributed by atoms with van der Waals surface area (Å²) in [5.74, 6) is -0.180. The van der Waals surface area contributed by atoms with Gasteiger partial charge in [0.1, 0.15) is 0 Å². The average Bonchev–Trinajstić information content (AvgIpc) is 2.76. The molecular formula is C13H15BrN2O3. The Balaban J connectivity index is 1.86. The highest BCUT2D eigenvalue weighted by molar-refractivity contribution is 9.10. The molecule has 5 nitrogen and oxygen atoms in total. The lowest BCUT2D eigenvalue weighted by molar-refractivity contribution is -0.127. The molecule has 1 aliphatic heterocycles. The van der Waals surface area contributed by atoms with Gasteiger partial charge in [-0.2, -0.15) is 0 Å². The minimum Gasteiger partial charge on any atom is -0.462 e. The van der Waals surface area contributed by atoms with Crippen molar-refractivity contribution in [2.75, 3.05) is 19.7 Å². The third-order valence-electron chi connectivity index (χ3n) is 3.07. The molecule has 19 heavy (non-hydrogen) atoms. The zero-order valence-corrected chi connectivity index (χ0v) is 12.2. The van der Waals surface area contributed by atoms with Crippen LogP contribution in [-0.2, 0) is 9.53 Å². The van der Waals surface area contributed by atoms with E-state index in [0.29, 0.717) is 25.1 Å². The molecule has 1 unspecified atom stereocenters. The first-order valence-electron chi connectivity index (χ1n) is 6.15. The van der Waals surface area contributed by atoms with Gasteiger partial charge in [0.25, 0.3) is 0 Å². The summed E-state index contributed by atoms with van der Waals surface area (Å²) in [6.07, 6.45) is 3.52. The average molecular weight is 327 g/mol. The quantitative estimate of drug-likeness (QED) is 0.792. The Labute approximate surface area is 120 Å². The number of carbonyl (C=O) groups excluding carboxylic acids is 2. The maximum absolute atomic E-state index is 11.8. The van der Waals surface area contributed by atoms with Crippen molar-refractivity contribution >= 4 is 27.8 Å². The van der Waals surface area contributed by atoms with Crippen LogP contribution in [0.25, 0.3) is 0 Å². The number of pyridine rings is 1. The summed E-state index contributed by atoms with van der Waals surface area (Å²) in [5.41, 5.74) is 0.408. The van der Waals surface area contributed by atoms with Crippen LogP contribution >= 0.6 is 15.9 Å². The predicted molar refractivity (Wildman–Crippen MR) is 72.6 cm³/mol. The molecule has 0 N–H and O–H groups in total. The first-order valence-corrected chi connectivity index (χ1v) is 6.95. The van der Waals surface area contributed by atoms with Crippen LogP contribution in [0.1, 0.15) is 23.7 Å². The topological polar surface area (TPSA) is 59.5 Å². The Bertz CT molecular complexity index is 493. The van der Waals surface area contributed by atoms with E-state index in [1.807, 2.05) is 6.92 Å². The van der Waals surface area contributed by atoms with Crippen LogP contribution in [0.3, 0.4) is 0 Å². The van der Waals surface area contributed by atoms with E-state index in [4.69, 9.17) is 4.74 Å². The second kappa shape index (κ2) is 6.14. The molecule has 0 aromatic carbocycles. The molecule has 2 rings (SSSR count). The lowest BCUT2D eigenvalue weighted by atomic mass is 10.1. The van der Waals surface area contributed by atoms with E-state index in [-0.39, 0.29) is 18.4 Å². The minimum atomic E-state index is -0.406. The van der Waals surface area contributed by atoms with Crippen molar-refractivity contribution < 1.29 is 14.3 Å². The van der Waals surface area contributed by atoms with Crippen molar-refractivity contribution in [1.82, 2.24) is 9.88 Å². The molecule has 1 amide bonds. The SMILES string of the molecule is CCN1CC(COC(=O)c2cncc(Br)c2)CC1=O. The van der Waals surface area contributed by atoms with Gasteiger partial charge >= 0.3 is 5.97 Å². The molecule has 0 radical (unpaired) electrons. The predicted octanol–water partition coefficient (Wildman–Crippen LogP) is 1.87. The maximum Gasteiger partial charge on any atom is 0.339 e. The van der Waals surface area contributed by atoms with Gasteiger partial charge in [-0.25, -0.2) is 4.79 Å². The third kappa shape index (κ3) is 3.53. The molecule has 1 atom stereocenters. The van der Waals surface area contributed by atoms with Crippen molar-refractivity contribution in [2.45, 2.75) is 13.3 Å². The summed E-state index contributed by atoms with van der Waals surface area (Å²) >= 11 is 3.25. The zero-order valence-electron chi connectivity index (χ0n) is 10.6. The number of halogens is 1. The standard InChI is InChI=1S/C13H15BrN2O3/c1-2-16-7-9(3-12(16)17)8-19-13(18)10-4-11(14)6-15-5-10/h4-6,9H,2-3,7-8H2,1H3. The summed E-state index contributed by atoms with van der Waals surface area (Å²) < 4.78 is 5.96. The molecule has 6 heteroatoms. The van der Waals surface area contributed by atoms with Crippen LogP contribution in [-0.4, -0.2) is 41.5 Å². The van der Waals surface area contributed by atoms with Crippen LogP contribution in [0.5, 0.6) is 0 Å². The molecule has 0 saturated carbocycles. The normalized spacial score (nSPS) is 18.7. The van der Waals surface area contributed by atoms with Crippen LogP contribution < -0.4 is 0 Å². The van der Waals surface area contributed by atoms with Gasteiger partial charge in [-0.15, -0.1) is 0 Å². The van der Waals surface area contributed by atoms with E-state index in [2.05, 4.69) is 20.9 Å². The summed E-state index contributed by atoms with van der Waals surface area (Å²) in [7, 11) is 0. The fraction of sp³-hybridized carbons (Fsp3) is 0.462. The van der Waals surface area contributed by atoms with E-state index >= 15 is 0 Å². The molecule has 0 spiro atoms. The number of amides is 1. The molecule has 0 aliphatic carbocycles. The highest BCUT2D eigenvalue weighted by atomic mass is 79.9. The smallest absolute Gasteiger partial charge is 0.339 e. The van der Waals surface area contributed by atoms with Crippen LogP contribution in [0.15, 0.2) is 22.9 Å². The Morgan fingerprint density at radius 1 is 1.58 bits per heavy atom. The highest BCUT2D eigenvalue weighted by Gasteiger charge is 2.29. The summed E-state index contributed by atoms with van der Waals surface area (Å²) in [6, 6.07) is 1.66. The lowest BCUT2D eigenvalue weighted by Crippen LogP contribution is -2.25. The molecule has 1 saturated heterocycles. The van der Waals surface area contributed by atoms with Crippen molar-refractivity contribution in [3.05, 3.63) is 28.5 Å². The third-order valence-corrected chi connectivity index (χ3v) is 3.50. The van der Waals surface area contributed by atoms with Crippen LogP contribution in [0.2, 0.25) is 0 Å². The van der Waals surface area contributed by atoms with E-state index in [1.165, 1.54) is 6.20 Å². The number of esters is 1. The number of rotatable bonds is 4. The Morgan fingerprint density at radius 2 is 2.37 bits per heavy atom. The second-order valence-corrected chi connectivity index (χ2v) is 5.41. The van der Waals surface area contributed by atoms with Gasteiger partial charge in [-0.05, 0) is 28.9 Å². The largest absolute Gasteiger partial charge is 0.462 e. The molecule has 0 bridgehead atoms. The summed E-state index contributed by atoms with van der Waals surface area (Å²) in [5, 5.41) is 0. The second-order valence-electron chi connectivity index (χ2n) is 4.49. The number of aromatic nitrogens is 1. The maximum atomic E-state index is 11.8. The Kier molecular flexibility index (Phi) is 4.52. The molecule has 1 fully saturated rings. The minimum absolute atomic E-state index is 0.0940. The van der Waals surface area contributed by atoms with Crippen molar-refractivity contribution in [1.29, 1.82) is 0 Å². The first kappa shape index (κ1) is 14.0. The van der Waals surface area contributed by atoms with E-state index < -0.39 is 5.97 Å². The van der Waals surface area contributed by atoms with Crippen molar-refractivity contribution in [3.63, 3.8) is 0 Å². The first-order chi connectivity index (χ1) is 9.10. The van der Waals surface area contributed by atoms with Crippen molar-refractivity contribution in [2.24, 2.45) is 5.92 Å². The van der Waals surface area contributed by atoms with Crippen molar-refractivity contribution in [3.8, 4) is 0 Å². The number of nitrogens with zero attached hydrogens (tertiary/aromatic N) is 2. The number of likely N-dealkylation sites (tertiary alicyclic amines) is 1. The lowest BCUT2D eigenvalue weighted by Gasteiger charge is -2.13. The monoisotopic (exact) mass is 326 g/mol. The Hall–Kier alpha value is -1.43. The van der Waals surface area contributed by atoms with Crippen LogP contribution in [0.4, 0.5) is 0 Å². The summed E-state index contributed by atoms with van der Waals surface area (Å²) in [4.78, 5) is 29.0. The zero-order chi connectivity index (χ0) is 13.8. The number of hydrogen-bond donors (Lipinski definition) is 0. The Morgan fingerprint density at radius 3 is 3.00 bits per heavy atom. The van der Waals surface area contributed by atoms with Gasteiger partial charge in [0.05, 0.1) is 12.2 Å². The van der Waals surface area contributed by atoms with E-state index in [0.717, 1.165) is 4.47 Å². The van der Waals surface area contributed by atoms with Gasteiger partial charge < -0.3 is 9.64 Å². The highest BCUT2D eigenvalue weighted by Crippen LogP contribution is 2.18. The van der Waals surface area contributed by atoms with Gasteiger partial charge in [-0.1, -0.05) is 0 Å². The van der Waals surface area contributed by atoms with Gasteiger partial charge in [-0.3, -0.25) is 9.78 Å². The fourth-order valence-electron chi connectivity index (χ4n) is 2.07.